The number of benzene rings is 3. The molecule has 1 aliphatic rings. The highest BCUT2D eigenvalue weighted by Gasteiger charge is 2.47. The van der Waals surface area contributed by atoms with Crippen molar-refractivity contribution in [3.8, 4) is 5.75 Å². The summed E-state index contributed by atoms with van der Waals surface area (Å²) in [4.78, 5) is 39.8. The second-order valence-corrected chi connectivity index (χ2v) is 10.8. The van der Waals surface area contributed by atoms with Crippen molar-refractivity contribution in [1.82, 2.24) is 0 Å². The summed E-state index contributed by atoms with van der Waals surface area (Å²) in [5.41, 5.74) is 2.91. The van der Waals surface area contributed by atoms with Gasteiger partial charge < -0.3 is 15.2 Å². The summed E-state index contributed by atoms with van der Waals surface area (Å²) in [6.45, 7) is 9.88. The highest BCUT2D eigenvalue weighted by Crippen LogP contribution is 2.43. The molecule has 0 bridgehead atoms. The minimum Gasteiger partial charge on any atom is -0.507 e. The zero-order valence-corrected chi connectivity index (χ0v) is 23.3. The highest BCUT2D eigenvalue weighted by atomic mass is 35.5. The Balaban J connectivity index is 1.89. The molecule has 1 aliphatic heterocycles. The Morgan fingerprint density at radius 1 is 1.03 bits per heavy atom. The molecule has 202 valence electrons. The first kappa shape index (κ1) is 27.9. The molecule has 2 N–H and O–H groups in total. The van der Waals surface area contributed by atoms with Crippen LogP contribution in [0.25, 0.3) is 5.76 Å². The Morgan fingerprint density at radius 3 is 2.23 bits per heavy atom. The molecule has 7 nitrogen and oxygen atoms in total. The van der Waals surface area contributed by atoms with Gasteiger partial charge in [0.15, 0.2) is 0 Å². The van der Waals surface area contributed by atoms with Crippen molar-refractivity contribution in [3.63, 3.8) is 0 Å². The average molecular weight is 547 g/mol. The fourth-order valence-corrected chi connectivity index (χ4v) is 4.73. The molecule has 3 aromatic carbocycles. The van der Waals surface area contributed by atoms with Crippen LogP contribution in [0.5, 0.6) is 5.75 Å². The van der Waals surface area contributed by atoms with Gasteiger partial charge in [-0.1, -0.05) is 56.6 Å². The summed E-state index contributed by atoms with van der Waals surface area (Å²) in [5, 5.41) is 14.5. The first-order valence-electron chi connectivity index (χ1n) is 12.6. The maximum atomic E-state index is 13.5. The number of rotatable bonds is 6. The molecule has 0 aromatic heterocycles. The molecular weight excluding hydrogens is 516 g/mol. The number of nitrogens with one attached hydrogen (secondary N) is 1. The lowest BCUT2D eigenvalue weighted by Gasteiger charge is -2.27. The van der Waals surface area contributed by atoms with Gasteiger partial charge >= 0.3 is 0 Å². The summed E-state index contributed by atoms with van der Waals surface area (Å²) in [6, 6.07) is 18.1. The molecule has 3 aromatic rings. The van der Waals surface area contributed by atoms with Crippen LogP contribution < -0.4 is 15.0 Å². The fourth-order valence-electron chi connectivity index (χ4n) is 4.56. The van der Waals surface area contributed by atoms with Crippen LogP contribution in [0.15, 0.2) is 72.3 Å². The number of ketones is 1. The third kappa shape index (κ3) is 5.68. The molecule has 1 atom stereocenters. The van der Waals surface area contributed by atoms with E-state index >= 15 is 0 Å². The number of anilines is 2. The Hall–Kier alpha value is -4.10. The SMILES string of the molecule is CCOc1cc(/C(O)=C2/C(=O)C(=O)N(c3ccc(NC(C)=O)cc3)C2c2ccc(C(C)(C)C)cc2)ccc1Cl. The number of nitrogens with zero attached hydrogens (tertiary/aromatic N) is 1. The Morgan fingerprint density at radius 2 is 1.67 bits per heavy atom. The normalized spacial score (nSPS) is 16.9. The molecular formula is C31H31ClN2O5. The van der Waals surface area contributed by atoms with E-state index in [1.165, 1.54) is 11.8 Å². The van der Waals surface area contributed by atoms with Gasteiger partial charge in [0, 0.05) is 23.9 Å². The van der Waals surface area contributed by atoms with Crippen molar-refractivity contribution in [1.29, 1.82) is 0 Å². The van der Waals surface area contributed by atoms with E-state index in [1.54, 1.807) is 42.5 Å². The lowest BCUT2D eigenvalue weighted by atomic mass is 9.85. The lowest BCUT2D eigenvalue weighted by molar-refractivity contribution is -0.132. The third-order valence-electron chi connectivity index (χ3n) is 6.51. The van der Waals surface area contributed by atoms with Crippen molar-refractivity contribution >= 4 is 46.3 Å². The summed E-state index contributed by atoms with van der Waals surface area (Å²) in [7, 11) is 0. The van der Waals surface area contributed by atoms with Gasteiger partial charge in [0.1, 0.15) is 11.5 Å². The van der Waals surface area contributed by atoms with Crippen LogP contribution in [0.1, 0.15) is 57.4 Å². The zero-order valence-electron chi connectivity index (χ0n) is 22.5. The van der Waals surface area contributed by atoms with Crippen LogP contribution in [0.3, 0.4) is 0 Å². The second kappa shape index (κ2) is 10.9. The largest absolute Gasteiger partial charge is 0.507 e. The van der Waals surface area contributed by atoms with Gasteiger partial charge in [-0.25, -0.2) is 0 Å². The van der Waals surface area contributed by atoms with Crippen LogP contribution in [0, 0.1) is 0 Å². The van der Waals surface area contributed by atoms with Gasteiger partial charge in [-0.2, -0.15) is 0 Å². The van der Waals surface area contributed by atoms with Crippen LogP contribution in [0.2, 0.25) is 5.02 Å². The van der Waals surface area contributed by atoms with Crippen molar-refractivity contribution in [3.05, 3.63) is 94.0 Å². The minimum absolute atomic E-state index is 0.0424. The quantitative estimate of drug-likeness (QED) is 0.206. The van der Waals surface area contributed by atoms with Crippen LogP contribution in [-0.2, 0) is 19.8 Å². The number of carbonyl (C=O) groups excluding carboxylic acids is 3. The smallest absolute Gasteiger partial charge is 0.300 e. The Labute approximate surface area is 233 Å². The average Bonchev–Trinajstić information content (AvgIpc) is 3.15. The van der Waals surface area contributed by atoms with Crippen LogP contribution >= 0.6 is 11.6 Å². The van der Waals surface area contributed by atoms with Gasteiger partial charge in [-0.3, -0.25) is 19.3 Å². The number of hydrogen-bond donors (Lipinski definition) is 2. The van der Waals surface area contributed by atoms with E-state index in [-0.39, 0.29) is 22.7 Å². The van der Waals surface area contributed by atoms with Crippen LogP contribution in [-0.4, -0.2) is 29.3 Å². The predicted octanol–water partition coefficient (Wildman–Crippen LogP) is 6.62. The standard InChI is InChI=1S/C31H31ClN2O5/c1-6-39-25-17-20(9-16-24(25)32)28(36)26-27(19-7-10-21(11-8-19)31(3,4)5)34(30(38)29(26)37)23-14-12-22(13-15-23)33-18(2)35/h7-17,27,36H,6H2,1-5H3,(H,33,35)/b28-26-. The van der Waals surface area contributed by atoms with E-state index < -0.39 is 17.7 Å². The molecule has 39 heavy (non-hydrogen) atoms. The number of Topliss-reactive ketones (excluding diaryl/α,β-unsaturated/α-hetero) is 1. The predicted molar refractivity (Wildman–Crippen MR) is 153 cm³/mol. The molecule has 1 unspecified atom stereocenters. The van der Waals surface area contributed by atoms with Gasteiger partial charge in [0.05, 0.1) is 23.2 Å². The molecule has 0 spiro atoms. The number of aliphatic hydroxyl groups excluding tert-OH is 1. The summed E-state index contributed by atoms with van der Waals surface area (Å²) in [5.74, 6) is -1.77. The maximum absolute atomic E-state index is 13.5. The molecule has 1 fully saturated rings. The van der Waals surface area contributed by atoms with Crippen molar-refractivity contribution in [2.75, 3.05) is 16.8 Å². The topological polar surface area (TPSA) is 95.9 Å². The minimum atomic E-state index is -0.892. The lowest BCUT2D eigenvalue weighted by Crippen LogP contribution is -2.29. The van der Waals surface area contributed by atoms with E-state index in [2.05, 4.69) is 26.1 Å². The summed E-state index contributed by atoms with van der Waals surface area (Å²) in [6.07, 6.45) is 0. The molecule has 0 saturated carbocycles. The molecule has 4 rings (SSSR count). The number of halogens is 1. The monoisotopic (exact) mass is 546 g/mol. The van der Waals surface area contributed by atoms with E-state index in [0.717, 1.165) is 5.56 Å². The number of amides is 2. The highest BCUT2D eigenvalue weighted by molar-refractivity contribution is 6.51. The first-order chi connectivity index (χ1) is 18.4. The molecule has 2 amide bonds. The zero-order chi connectivity index (χ0) is 28.5. The number of hydrogen-bond acceptors (Lipinski definition) is 5. The molecule has 1 saturated heterocycles. The Kier molecular flexibility index (Phi) is 7.84. The summed E-state index contributed by atoms with van der Waals surface area (Å²) < 4.78 is 5.57. The third-order valence-corrected chi connectivity index (χ3v) is 6.82. The van der Waals surface area contributed by atoms with Crippen molar-refractivity contribution in [2.24, 2.45) is 0 Å². The van der Waals surface area contributed by atoms with Crippen molar-refractivity contribution in [2.45, 2.75) is 46.1 Å². The van der Waals surface area contributed by atoms with Gasteiger partial charge in [0.25, 0.3) is 11.7 Å². The number of carbonyl (C=O) groups is 3. The van der Waals surface area contributed by atoms with Gasteiger partial charge in [0.2, 0.25) is 5.91 Å². The van der Waals surface area contributed by atoms with E-state index in [1.807, 2.05) is 31.2 Å². The van der Waals surface area contributed by atoms with E-state index in [0.29, 0.717) is 39.9 Å². The second-order valence-electron chi connectivity index (χ2n) is 10.3. The van der Waals surface area contributed by atoms with Crippen molar-refractivity contribution < 1.29 is 24.2 Å². The fraction of sp³-hybridized carbons (Fsp3) is 0.258. The molecule has 8 heteroatoms. The van der Waals surface area contributed by atoms with E-state index in [9.17, 15) is 19.5 Å². The first-order valence-corrected chi connectivity index (χ1v) is 13.0. The van der Waals surface area contributed by atoms with Gasteiger partial charge in [-0.05, 0) is 65.9 Å². The molecule has 1 heterocycles. The Bertz CT molecular complexity index is 1450. The number of ether oxygens (including phenoxy) is 1. The van der Waals surface area contributed by atoms with E-state index in [4.69, 9.17) is 16.3 Å². The molecule has 0 radical (unpaired) electrons. The van der Waals surface area contributed by atoms with Gasteiger partial charge in [-0.15, -0.1) is 0 Å². The number of aliphatic hydroxyl groups is 1. The summed E-state index contributed by atoms with van der Waals surface area (Å²) >= 11 is 6.24. The molecule has 0 aliphatic carbocycles. The maximum Gasteiger partial charge on any atom is 0.300 e. The van der Waals surface area contributed by atoms with Crippen LogP contribution in [0.4, 0.5) is 11.4 Å².